The highest BCUT2D eigenvalue weighted by molar-refractivity contribution is 5.81. The maximum Gasteiger partial charge on any atom is 0.412 e. The number of nitrogens with one attached hydrogen (secondary N) is 1. The van der Waals surface area contributed by atoms with Gasteiger partial charge in [-0.2, -0.15) is 0 Å². The van der Waals surface area contributed by atoms with Gasteiger partial charge in [0, 0.05) is 0 Å². The van der Waals surface area contributed by atoms with Crippen LogP contribution in [-0.4, -0.2) is 24.7 Å². The smallest absolute Gasteiger partial charge is 0.412 e. The van der Waals surface area contributed by atoms with Crippen LogP contribution in [0.15, 0.2) is 25.5 Å². The van der Waals surface area contributed by atoms with Crippen molar-refractivity contribution in [3.8, 4) is 0 Å². The quantitative estimate of drug-likeness (QED) is 0.420. The number of carbonyl (C=O) groups is 2. The minimum absolute atomic E-state index is 0.117. The van der Waals surface area contributed by atoms with Gasteiger partial charge in [-0.25, -0.2) is 9.59 Å². The molecule has 0 rings (SSSR count). The third-order valence-corrected chi connectivity index (χ3v) is 1.82. The molecule has 96 valence electrons. The van der Waals surface area contributed by atoms with Gasteiger partial charge in [0.15, 0.2) is 0 Å². The number of ether oxygens (including phenoxy) is 2. The van der Waals surface area contributed by atoms with Crippen molar-refractivity contribution in [2.24, 2.45) is 5.92 Å². The van der Waals surface area contributed by atoms with E-state index in [0.29, 0.717) is 6.42 Å². The molecule has 0 aromatic carbocycles. The molecule has 0 aromatic heterocycles. The number of rotatable bonds is 7. The van der Waals surface area contributed by atoms with Crippen molar-refractivity contribution in [2.45, 2.75) is 26.3 Å². The van der Waals surface area contributed by atoms with Crippen molar-refractivity contribution < 1.29 is 19.1 Å². The Hall–Kier alpha value is -1.78. The van der Waals surface area contributed by atoms with Crippen LogP contribution >= 0.6 is 0 Å². The van der Waals surface area contributed by atoms with E-state index in [1.807, 2.05) is 13.8 Å². The minimum atomic E-state index is -0.721. The van der Waals surface area contributed by atoms with E-state index >= 15 is 0 Å². The van der Waals surface area contributed by atoms with Crippen molar-refractivity contribution in [2.75, 3.05) is 6.61 Å². The van der Waals surface area contributed by atoms with Crippen LogP contribution in [0.3, 0.4) is 0 Å². The number of esters is 1. The SMILES string of the molecule is C=CCOC(=O)C(CC(C)C)NC(=O)OC=C. The van der Waals surface area contributed by atoms with Gasteiger partial charge in [0.2, 0.25) is 0 Å². The predicted molar refractivity (Wildman–Crippen MR) is 64.2 cm³/mol. The number of carbonyl (C=O) groups excluding carboxylic acids is 2. The summed E-state index contributed by atoms with van der Waals surface area (Å²) in [6.07, 6.45) is 2.21. The molecule has 5 nitrogen and oxygen atoms in total. The molecule has 0 bridgehead atoms. The molecule has 0 aliphatic rings. The summed E-state index contributed by atoms with van der Waals surface area (Å²) >= 11 is 0. The Balaban J connectivity index is 4.40. The predicted octanol–water partition coefficient (Wildman–Crippen LogP) is 2.00. The van der Waals surface area contributed by atoms with Crippen LogP contribution in [0.4, 0.5) is 4.79 Å². The zero-order valence-electron chi connectivity index (χ0n) is 10.3. The maximum atomic E-state index is 11.6. The Morgan fingerprint density at radius 3 is 2.47 bits per heavy atom. The number of hydrogen-bond donors (Lipinski definition) is 1. The van der Waals surface area contributed by atoms with Crippen molar-refractivity contribution in [3.63, 3.8) is 0 Å². The Kier molecular flexibility index (Phi) is 7.50. The molecule has 1 atom stereocenters. The largest absolute Gasteiger partial charge is 0.460 e. The Morgan fingerprint density at radius 1 is 1.35 bits per heavy atom. The van der Waals surface area contributed by atoms with Gasteiger partial charge in [-0.3, -0.25) is 0 Å². The Morgan fingerprint density at radius 2 is 2.00 bits per heavy atom. The van der Waals surface area contributed by atoms with Crippen LogP contribution in [0, 0.1) is 5.92 Å². The lowest BCUT2D eigenvalue weighted by Gasteiger charge is -2.18. The molecule has 0 saturated carbocycles. The second-order valence-electron chi connectivity index (χ2n) is 3.82. The van der Waals surface area contributed by atoms with E-state index in [-0.39, 0.29) is 12.5 Å². The van der Waals surface area contributed by atoms with Gasteiger partial charge in [0.1, 0.15) is 12.6 Å². The first-order valence-electron chi connectivity index (χ1n) is 5.36. The van der Waals surface area contributed by atoms with Crippen LogP contribution in [-0.2, 0) is 14.3 Å². The minimum Gasteiger partial charge on any atom is -0.460 e. The van der Waals surface area contributed by atoms with E-state index in [0.717, 1.165) is 6.26 Å². The first-order valence-corrected chi connectivity index (χ1v) is 5.36. The highest BCUT2D eigenvalue weighted by Gasteiger charge is 2.23. The molecule has 0 radical (unpaired) electrons. The summed E-state index contributed by atoms with van der Waals surface area (Å²) in [4.78, 5) is 22.8. The molecule has 0 aliphatic carbocycles. The van der Waals surface area contributed by atoms with Gasteiger partial charge in [0.05, 0.1) is 6.26 Å². The zero-order valence-corrected chi connectivity index (χ0v) is 10.3. The first-order chi connectivity index (χ1) is 8.01. The van der Waals surface area contributed by atoms with Crippen LogP contribution < -0.4 is 5.32 Å². The van der Waals surface area contributed by atoms with E-state index in [9.17, 15) is 9.59 Å². The van der Waals surface area contributed by atoms with Crippen molar-refractivity contribution in [1.29, 1.82) is 0 Å². The summed E-state index contributed by atoms with van der Waals surface area (Å²) in [5, 5.41) is 2.42. The zero-order chi connectivity index (χ0) is 13.3. The highest BCUT2D eigenvalue weighted by Crippen LogP contribution is 2.07. The first kappa shape index (κ1) is 15.2. The topological polar surface area (TPSA) is 64.6 Å². The second kappa shape index (κ2) is 8.38. The second-order valence-corrected chi connectivity index (χ2v) is 3.82. The molecule has 0 saturated heterocycles. The molecule has 17 heavy (non-hydrogen) atoms. The fraction of sp³-hybridized carbons (Fsp3) is 0.500. The monoisotopic (exact) mass is 241 g/mol. The van der Waals surface area contributed by atoms with E-state index in [2.05, 4.69) is 23.2 Å². The molecule has 1 unspecified atom stereocenters. The van der Waals surface area contributed by atoms with Gasteiger partial charge in [0.25, 0.3) is 0 Å². The molecule has 1 N–H and O–H groups in total. The normalized spacial score (nSPS) is 11.5. The maximum absolute atomic E-state index is 11.6. The third-order valence-electron chi connectivity index (χ3n) is 1.82. The van der Waals surface area contributed by atoms with Crippen LogP contribution in [0.2, 0.25) is 0 Å². The lowest BCUT2D eigenvalue weighted by molar-refractivity contribution is -0.145. The van der Waals surface area contributed by atoms with E-state index < -0.39 is 18.1 Å². The molecule has 5 heteroatoms. The van der Waals surface area contributed by atoms with Gasteiger partial charge in [-0.05, 0) is 12.3 Å². The molecule has 0 heterocycles. The summed E-state index contributed by atoms with van der Waals surface area (Å²) in [5.41, 5.74) is 0. The molecule has 0 aromatic rings. The molecule has 0 spiro atoms. The fourth-order valence-corrected chi connectivity index (χ4v) is 1.18. The van der Waals surface area contributed by atoms with Crippen LogP contribution in [0.5, 0.6) is 0 Å². The van der Waals surface area contributed by atoms with E-state index in [1.54, 1.807) is 0 Å². The summed E-state index contributed by atoms with van der Waals surface area (Å²) in [6, 6.07) is -0.720. The van der Waals surface area contributed by atoms with Crippen molar-refractivity contribution in [1.82, 2.24) is 5.32 Å². The van der Waals surface area contributed by atoms with Gasteiger partial charge < -0.3 is 14.8 Å². The van der Waals surface area contributed by atoms with Gasteiger partial charge >= 0.3 is 12.1 Å². The van der Waals surface area contributed by atoms with Crippen molar-refractivity contribution in [3.05, 3.63) is 25.5 Å². The Bertz CT molecular complexity index is 286. The summed E-state index contributed by atoms with van der Waals surface area (Å²) in [6.45, 7) is 10.7. The van der Waals surface area contributed by atoms with Gasteiger partial charge in [-0.1, -0.05) is 33.1 Å². The lowest BCUT2D eigenvalue weighted by atomic mass is 10.0. The number of alkyl carbamates (subject to hydrolysis) is 1. The highest BCUT2D eigenvalue weighted by atomic mass is 16.5. The molecule has 0 fully saturated rings. The molecule has 1 amide bonds. The van der Waals surface area contributed by atoms with Crippen LogP contribution in [0.1, 0.15) is 20.3 Å². The Labute approximate surface area is 101 Å². The van der Waals surface area contributed by atoms with E-state index in [1.165, 1.54) is 6.08 Å². The molecular weight excluding hydrogens is 222 g/mol. The summed E-state index contributed by atoms with van der Waals surface area (Å²) in [5.74, 6) is -0.264. The number of amides is 1. The fourth-order valence-electron chi connectivity index (χ4n) is 1.18. The number of hydrogen-bond acceptors (Lipinski definition) is 4. The van der Waals surface area contributed by atoms with E-state index in [4.69, 9.17) is 4.74 Å². The summed E-state index contributed by atoms with van der Waals surface area (Å²) < 4.78 is 9.37. The van der Waals surface area contributed by atoms with Crippen molar-refractivity contribution >= 4 is 12.1 Å². The lowest BCUT2D eigenvalue weighted by Crippen LogP contribution is -2.42. The third kappa shape index (κ3) is 7.16. The average Bonchev–Trinajstić information content (AvgIpc) is 2.24. The standard InChI is InChI=1S/C12H19NO4/c1-5-7-17-11(14)10(8-9(3)4)13-12(15)16-6-2/h5-6,9-10H,1-2,7-8H2,3-4H3,(H,13,15). The molecular formula is C12H19NO4. The summed E-state index contributed by atoms with van der Waals surface area (Å²) in [7, 11) is 0. The van der Waals surface area contributed by atoms with Gasteiger partial charge in [-0.15, -0.1) is 0 Å². The van der Waals surface area contributed by atoms with Crippen LogP contribution in [0.25, 0.3) is 0 Å². The molecule has 0 aliphatic heterocycles. The average molecular weight is 241 g/mol.